The number of benzene rings is 2. The Balaban J connectivity index is 2.62. The van der Waals surface area contributed by atoms with E-state index in [4.69, 9.17) is 46.4 Å². The van der Waals surface area contributed by atoms with Gasteiger partial charge >= 0.3 is 0 Å². The normalized spacial score (nSPS) is 11.4. The number of hydrogen-bond acceptors (Lipinski definition) is 4. The molecule has 0 atom stereocenters. The minimum absolute atomic E-state index is 0.258. The summed E-state index contributed by atoms with van der Waals surface area (Å²) in [4.78, 5) is 4.25. The van der Waals surface area contributed by atoms with Crippen LogP contribution < -0.4 is 0 Å². The molecule has 4 nitrogen and oxygen atoms in total. The maximum atomic E-state index is 11.0. The van der Waals surface area contributed by atoms with E-state index in [1.165, 1.54) is 0 Å². The average molecular weight is 574 g/mol. The topological polar surface area (TPSA) is 46.9 Å². The first kappa shape index (κ1) is 30.8. The van der Waals surface area contributed by atoms with Gasteiger partial charge in [0.05, 0.1) is 0 Å². The van der Waals surface area contributed by atoms with E-state index in [1.54, 1.807) is 12.2 Å². The Hall–Kier alpha value is -1.40. The molecule has 8 heteroatoms. The summed E-state index contributed by atoms with van der Waals surface area (Å²) >= 11 is 24.0. The summed E-state index contributed by atoms with van der Waals surface area (Å²) < 4.78 is 0. The Bertz CT molecular complexity index is 909. The molecule has 0 aliphatic heterocycles. The van der Waals surface area contributed by atoms with Gasteiger partial charge in [-0.05, 0) is 59.4 Å². The van der Waals surface area contributed by atoms with E-state index < -0.39 is 0 Å². The zero-order chi connectivity index (χ0) is 26.5. The zero-order valence-electron chi connectivity index (χ0n) is 20.7. The Morgan fingerprint density at radius 2 is 0.889 bits per heavy atom. The third-order valence-electron chi connectivity index (χ3n) is 5.99. The second-order valence-electron chi connectivity index (χ2n) is 8.58. The van der Waals surface area contributed by atoms with Crippen molar-refractivity contribution in [1.29, 1.82) is 0 Å². The van der Waals surface area contributed by atoms with E-state index in [2.05, 4.69) is 23.0 Å². The van der Waals surface area contributed by atoms with Gasteiger partial charge in [-0.25, -0.2) is 0 Å². The van der Waals surface area contributed by atoms with Crippen LogP contribution in [0.25, 0.3) is 11.1 Å². The first-order chi connectivity index (χ1) is 17.4. The number of phenolic OH excluding ortho intramolecular Hbond substituents is 2. The summed E-state index contributed by atoms with van der Waals surface area (Å²) in [6, 6.07) is 7.97. The van der Waals surface area contributed by atoms with Gasteiger partial charge in [-0.1, -0.05) is 12.2 Å². The summed E-state index contributed by atoms with van der Waals surface area (Å²) in [6.45, 7) is 11.4. The van der Waals surface area contributed by atoms with Gasteiger partial charge in [-0.15, -0.1) is 59.6 Å². The molecule has 0 aromatic heterocycles. The molecule has 0 saturated heterocycles. The number of phenols is 2. The van der Waals surface area contributed by atoms with Crippen molar-refractivity contribution < 1.29 is 10.2 Å². The van der Waals surface area contributed by atoms with Gasteiger partial charge in [0.15, 0.2) is 0 Å². The lowest BCUT2D eigenvalue weighted by molar-refractivity contribution is 0.294. The predicted molar refractivity (Wildman–Crippen MR) is 156 cm³/mol. The highest BCUT2D eigenvalue weighted by molar-refractivity contribution is 6.18. The highest BCUT2D eigenvalue weighted by Gasteiger charge is 2.17. The summed E-state index contributed by atoms with van der Waals surface area (Å²) in [5, 5.41) is 22.1. The molecule has 0 radical (unpaired) electrons. The lowest BCUT2D eigenvalue weighted by Gasteiger charge is -2.23. The molecular weight excluding hydrogens is 538 g/mol. The van der Waals surface area contributed by atoms with E-state index in [0.717, 1.165) is 33.4 Å². The van der Waals surface area contributed by atoms with Gasteiger partial charge in [-0.2, -0.15) is 0 Å². The smallest absolute Gasteiger partial charge is 0.123 e. The van der Waals surface area contributed by atoms with Crippen LogP contribution in [-0.2, 0) is 25.9 Å². The number of halogens is 4. The van der Waals surface area contributed by atoms with E-state index in [9.17, 15) is 10.2 Å². The number of nitrogens with zero attached hydrogens (tertiary/aromatic N) is 2. The van der Waals surface area contributed by atoms with Crippen molar-refractivity contribution in [3.05, 3.63) is 71.8 Å². The van der Waals surface area contributed by atoms with E-state index in [1.807, 2.05) is 24.3 Å². The maximum Gasteiger partial charge on any atom is 0.123 e. The lowest BCUT2D eigenvalue weighted by Crippen LogP contribution is -2.27. The summed E-state index contributed by atoms with van der Waals surface area (Å²) in [5.74, 6) is 2.42. The van der Waals surface area contributed by atoms with E-state index in [0.29, 0.717) is 75.6 Å². The number of allylic oxidation sites excluding steroid dienone is 2. The second-order valence-corrected chi connectivity index (χ2v) is 10.1. The number of rotatable bonds is 17. The molecule has 0 amide bonds. The van der Waals surface area contributed by atoms with Crippen LogP contribution in [0.1, 0.15) is 22.3 Å². The first-order valence-corrected chi connectivity index (χ1v) is 14.2. The Labute approximate surface area is 235 Å². The van der Waals surface area contributed by atoms with Crippen molar-refractivity contribution >= 4 is 46.4 Å². The minimum Gasteiger partial charge on any atom is -0.507 e. The number of alkyl halides is 4. The lowest BCUT2D eigenvalue weighted by atomic mass is 9.93. The van der Waals surface area contributed by atoms with E-state index >= 15 is 0 Å². The van der Waals surface area contributed by atoms with Crippen LogP contribution in [0.5, 0.6) is 11.5 Å². The molecule has 0 unspecified atom stereocenters. The van der Waals surface area contributed by atoms with Crippen molar-refractivity contribution in [1.82, 2.24) is 9.80 Å². The highest BCUT2D eigenvalue weighted by atomic mass is 35.5. The van der Waals surface area contributed by atoms with Crippen LogP contribution in [0, 0.1) is 0 Å². The van der Waals surface area contributed by atoms with Gasteiger partial charge in [-0.3, -0.25) is 9.80 Å². The molecule has 0 heterocycles. The molecule has 2 aromatic carbocycles. The standard InChI is InChI=1S/C28H36Cl4N2O2/c1-3-5-21-15-23(17-25(27(21)35)19-33(11-7-29)12-8-30)24-16-22(6-4-2)28(36)26(18-24)20-34(13-9-31)14-10-32/h3-4,15-18,35-36H,1-2,5-14,19-20H2. The Kier molecular flexibility index (Phi) is 14.1. The third-order valence-corrected chi connectivity index (χ3v) is 6.66. The molecule has 0 spiro atoms. The Morgan fingerprint density at radius 3 is 1.17 bits per heavy atom. The molecule has 2 N–H and O–H groups in total. The minimum atomic E-state index is 0.258. The van der Waals surface area contributed by atoms with Crippen molar-refractivity contribution in [3.8, 4) is 22.6 Å². The van der Waals surface area contributed by atoms with Gasteiger partial charge in [0.25, 0.3) is 0 Å². The molecule has 2 rings (SSSR count). The van der Waals surface area contributed by atoms with Crippen LogP contribution in [0.2, 0.25) is 0 Å². The molecule has 0 bridgehead atoms. The quantitative estimate of drug-likeness (QED) is 0.162. The fraction of sp³-hybridized carbons (Fsp3) is 0.429. The van der Waals surface area contributed by atoms with Crippen LogP contribution in [0.15, 0.2) is 49.6 Å². The first-order valence-electron chi connectivity index (χ1n) is 12.0. The van der Waals surface area contributed by atoms with Crippen molar-refractivity contribution in [2.24, 2.45) is 0 Å². The molecule has 0 fully saturated rings. The molecule has 0 aliphatic carbocycles. The monoisotopic (exact) mass is 572 g/mol. The van der Waals surface area contributed by atoms with Gasteiger partial charge in [0, 0.05) is 73.9 Å². The van der Waals surface area contributed by atoms with Crippen LogP contribution in [0.4, 0.5) is 0 Å². The summed E-state index contributed by atoms with van der Waals surface area (Å²) in [7, 11) is 0. The van der Waals surface area contributed by atoms with Crippen molar-refractivity contribution in [2.45, 2.75) is 25.9 Å². The molecule has 2 aromatic rings. The predicted octanol–water partition coefficient (Wildman–Crippen LogP) is 6.78. The molecule has 198 valence electrons. The second kappa shape index (κ2) is 16.4. The number of aromatic hydroxyl groups is 2. The third kappa shape index (κ3) is 8.86. The van der Waals surface area contributed by atoms with Gasteiger partial charge in [0.1, 0.15) is 11.5 Å². The van der Waals surface area contributed by atoms with Crippen LogP contribution in [0.3, 0.4) is 0 Å². The molecule has 0 aliphatic rings. The fourth-order valence-electron chi connectivity index (χ4n) is 4.22. The average Bonchev–Trinajstić information content (AvgIpc) is 2.84. The molecule has 0 saturated carbocycles. The summed E-state index contributed by atoms with van der Waals surface area (Å²) in [6.07, 6.45) is 4.61. The van der Waals surface area contributed by atoms with Gasteiger partial charge in [0.2, 0.25) is 0 Å². The number of hydrogen-bond donors (Lipinski definition) is 2. The zero-order valence-corrected chi connectivity index (χ0v) is 23.7. The molecular formula is C28H36Cl4N2O2. The van der Waals surface area contributed by atoms with Crippen molar-refractivity contribution in [3.63, 3.8) is 0 Å². The highest BCUT2D eigenvalue weighted by Crippen LogP contribution is 2.36. The van der Waals surface area contributed by atoms with E-state index in [-0.39, 0.29) is 11.5 Å². The fourth-order valence-corrected chi connectivity index (χ4v) is 5.17. The van der Waals surface area contributed by atoms with Gasteiger partial charge < -0.3 is 10.2 Å². The summed E-state index contributed by atoms with van der Waals surface area (Å²) in [5.41, 5.74) is 5.07. The van der Waals surface area contributed by atoms with Crippen LogP contribution >= 0.6 is 46.4 Å². The largest absolute Gasteiger partial charge is 0.507 e. The van der Waals surface area contributed by atoms with Crippen molar-refractivity contribution in [2.75, 3.05) is 49.7 Å². The SMILES string of the molecule is C=CCc1cc(-c2cc(CC=C)c(O)c(CN(CCCl)CCCl)c2)cc(CN(CCCl)CCCl)c1O. The van der Waals surface area contributed by atoms with Crippen LogP contribution in [-0.4, -0.2) is 69.7 Å². The maximum absolute atomic E-state index is 11.0. The molecule has 36 heavy (non-hydrogen) atoms. The Morgan fingerprint density at radius 1 is 0.583 bits per heavy atom.